The van der Waals surface area contributed by atoms with Crippen molar-refractivity contribution in [2.24, 2.45) is 29.6 Å². The highest BCUT2D eigenvalue weighted by Crippen LogP contribution is 2.29. The molecule has 89 heavy (non-hydrogen) atoms. The maximum absolute atomic E-state index is 3.08. The SMILES string of the molecule is CCCCCCCCC(CCCCCC)CN(CCCCCCCCCN(C)C)CC(CCCCCC)CCCCCCC(C)CCCCCCC(CCCCCCCC)CN(CCCCCCCCN(C)C)CC(CCCCCC)CCCCCCCC. The van der Waals surface area contributed by atoms with Crippen molar-refractivity contribution < 1.29 is 0 Å². The molecule has 0 spiro atoms. The molecule has 0 radical (unpaired) electrons. The lowest BCUT2D eigenvalue weighted by atomic mass is 9.90. The van der Waals surface area contributed by atoms with Gasteiger partial charge in [0.05, 0.1) is 0 Å². The van der Waals surface area contributed by atoms with E-state index in [0.29, 0.717) is 0 Å². The summed E-state index contributed by atoms with van der Waals surface area (Å²) in [6, 6.07) is 0. The molecule has 0 N–H and O–H groups in total. The zero-order chi connectivity index (χ0) is 65.0. The Labute approximate surface area is 566 Å². The van der Waals surface area contributed by atoms with E-state index in [4.69, 9.17) is 0 Å². The number of nitrogens with zero attached hydrogens (tertiary/aromatic N) is 4. The van der Waals surface area contributed by atoms with Gasteiger partial charge in [-0.25, -0.2) is 0 Å². The highest BCUT2D eigenvalue weighted by molar-refractivity contribution is 4.75. The smallest absolute Gasteiger partial charge is 0.000977 e. The van der Waals surface area contributed by atoms with Crippen LogP contribution in [0.1, 0.15) is 440 Å². The summed E-state index contributed by atoms with van der Waals surface area (Å²) in [6.45, 7) is 27.7. The van der Waals surface area contributed by atoms with Crippen LogP contribution in [-0.4, -0.2) is 100 Å². The molecule has 0 heterocycles. The molecule has 0 saturated heterocycles. The molecule has 0 fully saturated rings. The van der Waals surface area contributed by atoms with E-state index in [1.165, 1.54) is 444 Å². The van der Waals surface area contributed by atoms with Gasteiger partial charge >= 0.3 is 0 Å². The van der Waals surface area contributed by atoms with Crippen molar-refractivity contribution in [3.8, 4) is 0 Å². The third-order valence-electron chi connectivity index (χ3n) is 21.4. The minimum atomic E-state index is 0.904. The van der Waals surface area contributed by atoms with Crippen LogP contribution >= 0.6 is 0 Å². The highest BCUT2D eigenvalue weighted by Gasteiger charge is 2.21. The molecule has 0 amide bonds. The first-order valence-electron chi connectivity index (χ1n) is 42.4. The first kappa shape index (κ1) is 88.8. The van der Waals surface area contributed by atoms with Crippen LogP contribution in [0.5, 0.6) is 0 Å². The third-order valence-corrected chi connectivity index (χ3v) is 21.4. The molecular weight excluding hydrogens is 1080 g/mol. The minimum absolute atomic E-state index is 0.904. The second kappa shape index (κ2) is 72.1. The second-order valence-corrected chi connectivity index (χ2v) is 31.5. The van der Waals surface area contributed by atoms with Crippen molar-refractivity contribution in [2.45, 2.75) is 440 Å². The molecule has 536 valence electrons. The predicted molar refractivity (Wildman–Crippen MR) is 409 cm³/mol. The summed E-state index contributed by atoms with van der Waals surface area (Å²) in [6.07, 6.45) is 88.1. The van der Waals surface area contributed by atoms with Crippen LogP contribution in [0.3, 0.4) is 0 Å². The quantitative estimate of drug-likeness (QED) is 0.0563. The molecule has 0 aromatic heterocycles. The zero-order valence-corrected chi connectivity index (χ0v) is 64.5. The average molecular weight is 1250 g/mol. The van der Waals surface area contributed by atoms with Gasteiger partial charge in [-0.15, -0.1) is 0 Å². The van der Waals surface area contributed by atoms with Gasteiger partial charge in [0.25, 0.3) is 0 Å². The van der Waals surface area contributed by atoms with Crippen LogP contribution in [0, 0.1) is 29.6 Å². The van der Waals surface area contributed by atoms with E-state index >= 15 is 0 Å². The maximum Gasteiger partial charge on any atom is 0.000977 e. The monoisotopic (exact) mass is 1250 g/mol. The number of hydrogen-bond donors (Lipinski definition) is 0. The summed E-state index contributed by atoms with van der Waals surface area (Å²) >= 11 is 0. The Morgan fingerprint density at radius 2 is 0.337 bits per heavy atom. The summed E-state index contributed by atoms with van der Waals surface area (Å²) in [5.74, 6) is 4.54. The maximum atomic E-state index is 3.08. The second-order valence-electron chi connectivity index (χ2n) is 31.5. The normalized spacial score (nSPS) is 13.9. The topological polar surface area (TPSA) is 13.0 Å². The van der Waals surface area contributed by atoms with E-state index in [2.05, 4.69) is 96.3 Å². The molecule has 0 aliphatic rings. The van der Waals surface area contributed by atoms with Crippen LogP contribution in [0.4, 0.5) is 0 Å². The zero-order valence-electron chi connectivity index (χ0n) is 64.5. The lowest BCUT2D eigenvalue weighted by molar-refractivity contribution is 0.170. The van der Waals surface area contributed by atoms with E-state index in [1.54, 1.807) is 0 Å². The molecule has 0 aromatic carbocycles. The van der Waals surface area contributed by atoms with Gasteiger partial charge in [0, 0.05) is 26.2 Å². The van der Waals surface area contributed by atoms with Gasteiger partial charge in [-0.1, -0.05) is 363 Å². The van der Waals surface area contributed by atoms with E-state index in [1.807, 2.05) is 0 Å². The Morgan fingerprint density at radius 3 is 0.539 bits per heavy atom. The number of rotatable bonds is 77. The van der Waals surface area contributed by atoms with Crippen LogP contribution in [-0.2, 0) is 0 Å². The van der Waals surface area contributed by atoms with Gasteiger partial charge in [-0.2, -0.15) is 0 Å². The molecule has 5 unspecified atom stereocenters. The first-order valence-corrected chi connectivity index (χ1v) is 42.4. The van der Waals surface area contributed by atoms with Crippen molar-refractivity contribution in [2.75, 3.05) is 80.5 Å². The van der Waals surface area contributed by atoms with Crippen molar-refractivity contribution >= 4 is 0 Å². The molecule has 0 rings (SSSR count). The summed E-state index contributed by atoms with van der Waals surface area (Å²) in [7, 11) is 8.92. The fourth-order valence-electron chi connectivity index (χ4n) is 15.3. The molecule has 0 saturated carbocycles. The fraction of sp³-hybridized carbons (Fsp3) is 1.00. The summed E-state index contributed by atoms with van der Waals surface area (Å²) in [4.78, 5) is 10.9. The van der Waals surface area contributed by atoms with Crippen LogP contribution in [0.25, 0.3) is 0 Å². The molecule has 4 heteroatoms. The Morgan fingerprint density at radius 1 is 0.180 bits per heavy atom. The third kappa shape index (κ3) is 66.3. The minimum Gasteiger partial charge on any atom is -0.309 e. The van der Waals surface area contributed by atoms with Crippen molar-refractivity contribution in [1.29, 1.82) is 0 Å². The summed E-state index contributed by atoms with van der Waals surface area (Å²) in [5.41, 5.74) is 0. The van der Waals surface area contributed by atoms with E-state index in [-0.39, 0.29) is 0 Å². The Kier molecular flexibility index (Phi) is 72.0. The van der Waals surface area contributed by atoms with Gasteiger partial charge in [0.15, 0.2) is 0 Å². The van der Waals surface area contributed by atoms with Gasteiger partial charge in [0.1, 0.15) is 0 Å². The fourth-order valence-corrected chi connectivity index (χ4v) is 15.3. The van der Waals surface area contributed by atoms with Crippen molar-refractivity contribution in [3.63, 3.8) is 0 Å². The standard InChI is InChI=1S/C85H176N4/c1-12-18-24-30-38-54-68-82(65-51-27-21-15-4)77-88(75-61-47-35-33-34-45-59-73-86(8)9)79-84(67-53-29-23-17-6)71-57-43-41-49-63-81(7)64-50-42-44-58-72-85(70-56-40-32-26-20-14-3)80-89(76-62-48-37-36-46-60-74-87(10)11)78-83(66-52-28-22-16-5)69-55-39-31-25-19-13-2/h81-85H,12-80H2,1-11H3. The molecular formula is C85H176N4. The van der Waals surface area contributed by atoms with Gasteiger partial charge in [-0.05, 0) is 161 Å². The average Bonchev–Trinajstić information content (AvgIpc) is 3.56. The first-order chi connectivity index (χ1) is 43.6. The van der Waals surface area contributed by atoms with Crippen LogP contribution in [0.15, 0.2) is 0 Å². The van der Waals surface area contributed by atoms with Crippen LogP contribution in [0.2, 0.25) is 0 Å². The lowest BCUT2D eigenvalue weighted by Crippen LogP contribution is -2.35. The van der Waals surface area contributed by atoms with E-state index in [0.717, 1.165) is 29.6 Å². The van der Waals surface area contributed by atoms with E-state index in [9.17, 15) is 0 Å². The Hall–Kier alpha value is -0.160. The summed E-state index contributed by atoms with van der Waals surface area (Å²) < 4.78 is 0. The lowest BCUT2D eigenvalue weighted by Gasteiger charge is -2.32. The molecule has 4 nitrogen and oxygen atoms in total. The highest BCUT2D eigenvalue weighted by atomic mass is 15.1. The summed E-state index contributed by atoms with van der Waals surface area (Å²) in [5, 5.41) is 0. The predicted octanol–water partition coefficient (Wildman–Crippen LogP) is 27.7. The molecule has 0 aliphatic carbocycles. The number of hydrogen-bond acceptors (Lipinski definition) is 4. The molecule has 0 aliphatic heterocycles. The van der Waals surface area contributed by atoms with E-state index < -0.39 is 0 Å². The van der Waals surface area contributed by atoms with Gasteiger partial charge < -0.3 is 19.6 Å². The Balaban J connectivity index is 5.60. The Bertz CT molecular complexity index is 1280. The largest absolute Gasteiger partial charge is 0.309 e. The van der Waals surface area contributed by atoms with Gasteiger partial charge in [0.2, 0.25) is 0 Å². The van der Waals surface area contributed by atoms with Crippen LogP contribution < -0.4 is 0 Å². The van der Waals surface area contributed by atoms with Gasteiger partial charge in [-0.3, -0.25) is 0 Å². The number of unbranched alkanes of at least 4 members (excludes halogenated alkanes) is 41. The molecule has 5 atom stereocenters. The molecule has 0 aromatic rings. The van der Waals surface area contributed by atoms with Crippen molar-refractivity contribution in [3.05, 3.63) is 0 Å². The molecule has 0 bridgehead atoms. The van der Waals surface area contributed by atoms with Crippen molar-refractivity contribution in [1.82, 2.24) is 19.6 Å².